The molecular formula is C10H20N2O2S. The number of hydrogen-bond acceptors (Lipinski definition) is 4. The van der Waals surface area contributed by atoms with Crippen LogP contribution in [0.4, 0.5) is 0 Å². The third-order valence-electron chi connectivity index (χ3n) is 2.48. The fourth-order valence-electron chi connectivity index (χ4n) is 1.57. The van der Waals surface area contributed by atoms with Gasteiger partial charge in [0.25, 0.3) is 0 Å². The minimum absolute atomic E-state index is 0.0783. The highest BCUT2D eigenvalue weighted by atomic mass is 32.2. The zero-order valence-electron chi connectivity index (χ0n) is 9.28. The van der Waals surface area contributed by atoms with E-state index in [1.165, 1.54) is 0 Å². The lowest BCUT2D eigenvalue weighted by Gasteiger charge is -2.23. The number of nitrogens with zero attached hydrogens (tertiary/aromatic N) is 1. The number of rotatable bonds is 4. The van der Waals surface area contributed by atoms with Gasteiger partial charge in [0, 0.05) is 19.7 Å². The van der Waals surface area contributed by atoms with Crippen molar-refractivity contribution in [1.29, 1.82) is 0 Å². The van der Waals surface area contributed by atoms with Gasteiger partial charge in [-0.3, -0.25) is 4.79 Å². The Kier molecular flexibility index (Phi) is 6.05. The monoisotopic (exact) mass is 232 g/mol. The van der Waals surface area contributed by atoms with E-state index < -0.39 is 0 Å². The normalized spacial score (nSPS) is 19.7. The van der Waals surface area contributed by atoms with E-state index >= 15 is 0 Å². The van der Waals surface area contributed by atoms with Crippen LogP contribution < -0.4 is 5.73 Å². The van der Waals surface area contributed by atoms with Crippen molar-refractivity contribution in [2.45, 2.75) is 18.9 Å². The number of nitrogens with two attached hydrogens (primary N) is 1. The summed E-state index contributed by atoms with van der Waals surface area (Å²) >= 11 is 1.72. The summed E-state index contributed by atoms with van der Waals surface area (Å²) in [7, 11) is 0. The van der Waals surface area contributed by atoms with Crippen LogP contribution in [0.5, 0.6) is 0 Å². The SMILES string of the molecule is CSCCC(N)C(=O)N1CCCOCC1. The fraction of sp³-hybridized carbons (Fsp3) is 0.900. The summed E-state index contributed by atoms with van der Waals surface area (Å²) in [5, 5.41) is 0. The van der Waals surface area contributed by atoms with Gasteiger partial charge in [0.05, 0.1) is 12.6 Å². The Labute approximate surface area is 95.5 Å². The number of ether oxygens (including phenoxy) is 1. The molecule has 1 saturated heterocycles. The highest BCUT2D eigenvalue weighted by Gasteiger charge is 2.21. The van der Waals surface area contributed by atoms with E-state index in [1.54, 1.807) is 11.8 Å². The molecule has 0 aromatic heterocycles. The lowest BCUT2D eigenvalue weighted by molar-refractivity contribution is -0.132. The Morgan fingerprint density at radius 2 is 2.33 bits per heavy atom. The molecule has 1 fully saturated rings. The van der Waals surface area contributed by atoms with E-state index in [-0.39, 0.29) is 11.9 Å². The molecule has 0 radical (unpaired) electrons. The van der Waals surface area contributed by atoms with Crippen LogP contribution in [0.15, 0.2) is 0 Å². The first-order valence-corrected chi connectivity index (χ1v) is 6.76. The molecule has 0 spiro atoms. The maximum Gasteiger partial charge on any atom is 0.239 e. The molecule has 1 heterocycles. The molecule has 1 aliphatic rings. The summed E-state index contributed by atoms with van der Waals surface area (Å²) in [6.45, 7) is 2.86. The summed E-state index contributed by atoms with van der Waals surface area (Å²) in [6, 6.07) is -0.337. The topological polar surface area (TPSA) is 55.6 Å². The lowest BCUT2D eigenvalue weighted by atomic mass is 10.2. The molecule has 88 valence electrons. The number of carbonyl (C=O) groups is 1. The second-order valence-corrected chi connectivity index (χ2v) is 4.66. The predicted molar refractivity (Wildman–Crippen MR) is 63.0 cm³/mol. The molecule has 0 aromatic rings. The van der Waals surface area contributed by atoms with E-state index in [4.69, 9.17) is 10.5 Å². The summed E-state index contributed by atoms with van der Waals surface area (Å²) in [6.07, 6.45) is 3.70. The van der Waals surface area contributed by atoms with Crippen LogP contribution in [-0.2, 0) is 9.53 Å². The van der Waals surface area contributed by atoms with E-state index in [0.717, 1.165) is 31.7 Å². The van der Waals surface area contributed by atoms with Crippen LogP contribution in [0.25, 0.3) is 0 Å². The summed E-state index contributed by atoms with van der Waals surface area (Å²) < 4.78 is 5.30. The Morgan fingerprint density at radius 3 is 3.07 bits per heavy atom. The van der Waals surface area contributed by atoms with E-state index in [9.17, 15) is 4.79 Å². The summed E-state index contributed by atoms with van der Waals surface area (Å²) in [5.74, 6) is 1.02. The van der Waals surface area contributed by atoms with Crippen molar-refractivity contribution in [3.63, 3.8) is 0 Å². The zero-order chi connectivity index (χ0) is 11.1. The van der Waals surface area contributed by atoms with Gasteiger partial charge in [-0.25, -0.2) is 0 Å². The Bertz CT molecular complexity index is 194. The molecule has 1 aliphatic heterocycles. The zero-order valence-corrected chi connectivity index (χ0v) is 10.1. The van der Waals surface area contributed by atoms with Gasteiger partial charge in [0.15, 0.2) is 0 Å². The number of hydrogen-bond donors (Lipinski definition) is 1. The van der Waals surface area contributed by atoms with Gasteiger partial charge in [0.1, 0.15) is 0 Å². The highest BCUT2D eigenvalue weighted by Crippen LogP contribution is 2.05. The largest absolute Gasteiger partial charge is 0.380 e. The molecule has 1 unspecified atom stereocenters. The quantitative estimate of drug-likeness (QED) is 0.758. The molecule has 15 heavy (non-hydrogen) atoms. The Morgan fingerprint density at radius 1 is 1.53 bits per heavy atom. The van der Waals surface area contributed by atoms with Gasteiger partial charge in [-0.1, -0.05) is 0 Å². The average Bonchev–Trinajstić information content (AvgIpc) is 2.53. The smallest absolute Gasteiger partial charge is 0.239 e. The maximum absolute atomic E-state index is 11.9. The van der Waals surface area contributed by atoms with Gasteiger partial charge >= 0.3 is 0 Å². The molecule has 2 N–H and O–H groups in total. The third kappa shape index (κ3) is 4.40. The van der Waals surface area contributed by atoms with Crippen molar-refractivity contribution in [2.75, 3.05) is 38.3 Å². The first kappa shape index (κ1) is 12.8. The predicted octanol–water partition coefficient (Wildman–Crippen LogP) is 0.316. The lowest BCUT2D eigenvalue weighted by Crippen LogP contribution is -2.45. The first-order valence-electron chi connectivity index (χ1n) is 5.36. The molecule has 0 bridgehead atoms. The van der Waals surface area contributed by atoms with Crippen LogP contribution in [-0.4, -0.2) is 55.2 Å². The molecule has 4 nitrogen and oxygen atoms in total. The fourth-order valence-corrected chi connectivity index (χ4v) is 2.06. The van der Waals surface area contributed by atoms with Crippen molar-refractivity contribution in [3.05, 3.63) is 0 Å². The Balaban J connectivity index is 2.35. The molecule has 1 atom stereocenters. The molecule has 1 rings (SSSR count). The summed E-state index contributed by atoms with van der Waals surface area (Å²) in [4.78, 5) is 13.7. The van der Waals surface area contributed by atoms with Crippen molar-refractivity contribution < 1.29 is 9.53 Å². The molecule has 1 amide bonds. The number of thioether (sulfide) groups is 1. The second-order valence-electron chi connectivity index (χ2n) is 3.68. The number of carbonyl (C=O) groups excluding carboxylic acids is 1. The van der Waals surface area contributed by atoms with Crippen molar-refractivity contribution in [1.82, 2.24) is 4.90 Å². The van der Waals surface area contributed by atoms with Crippen LogP contribution in [0.3, 0.4) is 0 Å². The molecule has 0 saturated carbocycles. The van der Waals surface area contributed by atoms with Gasteiger partial charge in [-0.15, -0.1) is 0 Å². The first-order chi connectivity index (χ1) is 7.25. The van der Waals surface area contributed by atoms with Gasteiger partial charge in [-0.2, -0.15) is 11.8 Å². The van der Waals surface area contributed by atoms with Crippen LogP contribution in [0.2, 0.25) is 0 Å². The van der Waals surface area contributed by atoms with Crippen molar-refractivity contribution >= 4 is 17.7 Å². The average molecular weight is 232 g/mol. The van der Waals surface area contributed by atoms with E-state index in [1.807, 2.05) is 11.2 Å². The molecular weight excluding hydrogens is 212 g/mol. The Hall–Kier alpha value is -0.260. The van der Waals surface area contributed by atoms with E-state index in [2.05, 4.69) is 0 Å². The molecule has 0 aromatic carbocycles. The van der Waals surface area contributed by atoms with E-state index in [0.29, 0.717) is 13.2 Å². The van der Waals surface area contributed by atoms with Gasteiger partial charge < -0.3 is 15.4 Å². The van der Waals surface area contributed by atoms with Crippen molar-refractivity contribution in [2.24, 2.45) is 5.73 Å². The van der Waals surface area contributed by atoms with Gasteiger partial charge in [0.2, 0.25) is 5.91 Å². The minimum Gasteiger partial charge on any atom is -0.380 e. The molecule has 5 heteroatoms. The highest BCUT2D eigenvalue weighted by molar-refractivity contribution is 7.98. The molecule has 0 aliphatic carbocycles. The number of amides is 1. The van der Waals surface area contributed by atoms with Crippen molar-refractivity contribution in [3.8, 4) is 0 Å². The standard InChI is InChI=1S/C10H20N2O2S/c1-15-8-3-9(11)10(13)12-4-2-6-14-7-5-12/h9H,2-8,11H2,1H3. The van der Waals surface area contributed by atoms with Crippen LogP contribution in [0, 0.1) is 0 Å². The maximum atomic E-state index is 11.9. The minimum atomic E-state index is -0.337. The van der Waals surface area contributed by atoms with Crippen LogP contribution in [0.1, 0.15) is 12.8 Å². The van der Waals surface area contributed by atoms with Crippen LogP contribution >= 0.6 is 11.8 Å². The van der Waals surface area contributed by atoms with Gasteiger partial charge in [-0.05, 0) is 24.9 Å². The second kappa shape index (κ2) is 7.09. The third-order valence-corrected chi connectivity index (χ3v) is 3.13. The summed E-state index contributed by atoms with van der Waals surface area (Å²) in [5.41, 5.74) is 5.84.